The molecule has 0 radical (unpaired) electrons. The molecule has 0 spiro atoms. The van der Waals surface area contributed by atoms with Gasteiger partial charge in [-0.3, -0.25) is 8.37 Å². The fourth-order valence-corrected chi connectivity index (χ4v) is 4.41. The van der Waals surface area contributed by atoms with Crippen LogP contribution in [0.5, 0.6) is 0 Å². The minimum absolute atomic E-state index is 0.0503. The Morgan fingerprint density at radius 3 is 1.59 bits per heavy atom. The Morgan fingerprint density at radius 2 is 1.15 bits per heavy atom. The summed E-state index contributed by atoms with van der Waals surface area (Å²) >= 11 is 0. The lowest BCUT2D eigenvalue weighted by molar-refractivity contribution is 0.0896. The van der Waals surface area contributed by atoms with Crippen LogP contribution >= 0.6 is 0 Å². The summed E-state index contributed by atoms with van der Waals surface area (Å²) in [5.74, 6) is 0. The normalized spacial score (nSPS) is 12.9. The third-order valence-corrected chi connectivity index (χ3v) is 6.74. The smallest absolute Gasteiger partial charge is 0.266 e. The molecule has 0 amide bonds. The first-order valence-corrected chi connectivity index (χ1v) is 11.2. The third-order valence-electron chi connectivity index (χ3n) is 3.90. The molecule has 2 aromatic carbocycles. The molecule has 0 aromatic heterocycles. The molecule has 0 N–H and O–H groups in total. The Morgan fingerprint density at radius 1 is 0.741 bits per heavy atom. The summed E-state index contributed by atoms with van der Waals surface area (Å²) in [4.78, 5) is 0.105. The molecular weight excluding hydrogens is 388 g/mol. The first-order valence-electron chi connectivity index (χ1n) is 8.40. The maximum atomic E-state index is 12.4. The van der Waals surface area contributed by atoms with Crippen LogP contribution in [0.3, 0.4) is 0 Å². The van der Waals surface area contributed by atoms with Crippen LogP contribution in [0.4, 0.5) is 0 Å². The van der Waals surface area contributed by atoms with E-state index in [1.807, 2.05) is 13.8 Å². The molecule has 2 rings (SSSR count). The SMILES string of the molecule is Cc1ccc(S(=O)(=O)OCCC(C)(C)OS(=O)(=O)c2ccc(C)cc2)cc1. The number of aryl methyl sites for hydroxylation is 2. The van der Waals surface area contributed by atoms with Crippen molar-refractivity contribution in [3.05, 3.63) is 59.7 Å². The van der Waals surface area contributed by atoms with E-state index in [4.69, 9.17) is 8.37 Å². The fraction of sp³-hybridized carbons (Fsp3) is 0.368. The van der Waals surface area contributed by atoms with Gasteiger partial charge >= 0.3 is 0 Å². The number of rotatable bonds is 8. The molecule has 6 nitrogen and oxygen atoms in total. The molecule has 8 heteroatoms. The second-order valence-corrected chi connectivity index (χ2v) is 10.1. The van der Waals surface area contributed by atoms with Gasteiger partial charge in [0.2, 0.25) is 0 Å². The molecule has 0 atom stereocenters. The molecule has 0 bridgehead atoms. The van der Waals surface area contributed by atoms with Crippen molar-refractivity contribution in [1.82, 2.24) is 0 Å². The van der Waals surface area contributed by atoms with E-state index in [-0.39, 0.29) is 22.8 Å². The van der Waals surface area contributed by atoms with E-state index in [0.29, 0.717) is 0 Å². The maximum absolute atomic E-state index is 12.4. The third kappa shape index (κ3) is 6.14. The highest BCUT2D eigenvalue weighted by Gasteiger charge is 2.29. The van der Waals surface area contributed by atoms with Gasteiger partial charge in [0.25, 0.3) is 20.2 Å². The lowest BCUT2D eigenvalue weighted by atomic mass is 10.1. The average Bonchev–Trinajstić information content (AvgIpc) is 2.54. The molecule has 0 unspecified atom stereocenters. The van der Waals surface area contributed by atoms with Crippen molar-refractivity contribution in [3.63, 3.8) is 0 Å². The number of benzene rings is 2. The topological polar surface area (TPSA) is 86.7 Å². The van der Waals surface area contributed by atoms with Crippen LogP contribution in [0.1, 0.15) is 31.4 Å². The maximum Gasteiger partial charge on any atom is 0.297 e. The van der Waals surface area contributed by atoms with E-state index in [0.717, 1.165) is 11.1 Å². The molecule has 0 saturated heterocycles. The van der Waals surface area contributed by atoms with Crippen LogP contribution in [-0.2, 0) is 28.6 Å². The van der Waals surface area contributed by atoms with Crippen LogP contribution in [0.25, 0.3) is 0 Å². The summed E-state index contributed by atoms with van der Waals surface area (Å²) in [6.07, 6.45) is 0.0726. The highest BCUT2D eigenvalue weighted by Crippen LogP contribution is 2.24. The lowest BCUT2D eigenvalue weighted by Crippen LogP contribution is -2.30. The zero-order chi connectivity index (χ0) is 20.3. The molecule has 0 aliphatic heterocycles. The molecule has 0 saturated carbocycles. The van der Waals surface area contributed by atoms with Gasteiger partial charge in [0, 0.05) is 6.42 Å². The Balaban J connectivity index is 1.99. The van der Waals surface area contributed by atoms with E-state index in [1.54, 1.807) is 38.1 Å². The van der Waals surface area contributed by atoms with Crippen molar-refractivity contribution in [2.24, 2.45) is 0 Å². The molecule has 2 aromatic rings. The van der Waals surface area contributed by atoms with Crippen molar-refractivity contribution in [3.8, 4) is 0 Å². The van der Waals surface area contributed by atoms with Crippen molar-refractivity contribution < 1.29 is 25.2 Å². The highest BCUT2D eigenvalue weighted by atomic mass is 32.2. The van der Waals surface area contributed by atoms with Crippen LogP contribution in [-0.4, -0.2) is 29.0 Å². The Bertz CT molecular complexity index is 974. The summed E-state index contributed by atoms with van der Waals surface area (Å²) in [7, 11) is -7.87. The molecule has 0 fully saturated rings. The van der Waals surface area contributed by atoms with Crippen molar-refractivity contribution in [2.45, 2.75) is 49.5 Å². The summed E-state index contributed by atoms with van der Waals surface area (Å²) in [6, 6.07) is 12.6. The first-order chi connectivity index (χ1) is 12.4. The van der Waals surface area contributed by atoms with Gasteiger partial charge in [-0.25, -0.2) is 0 Å². The van der Waals surface area contributed by atoms with Gasteiger partial charge in [-0.2, -0.15) is 16.8 Å². The van der Waals surface area contributed by atoms with E-state index < -0.39 is 25.8 Å². The molecule has 0 aliphatic carbocycles. The van der Waals surface area contributed by atoms with Crippen LogP contribution in [0.15, 0.2) is 58.3 Å². The second kappa shape index (κ2) is 8.10. The fourth-order valence-electron chi connectivity index (χ4n) is 2.26. The predicted molar refractivity (Wildman–Crippen MR) is 102 cm³/mol. The van der Waals surface area contributed by atoms with Crippen LogP contribution in [0.2, 0.25) is 0 Å². The second-order valence-electron chi connectivity index (χ2n) is 6.95. The number of hydrogen-bond acceptors (Lipinski definition) is 6. The largest absolute Gasteiger partial charge is 0.297 e. The predicted octanol–water partition coefficient (Wildman–Crippen LogP) is 3.58. The minimum atomic E-state index is -3.96. The van der Waals surface area contributed by atoms with E-state index >= 15 is 0 Å². The first kappa shape index (κ1) is 21.6. The van der Waals surface area contributed by atoms with Gasteiger partial charge in [0.1, 0.15) is 0 Å². The van der Waals surface area contributed by atoms with Crippen molar-refractivity contribution in [1.29, 1.82) is 0 Å². The van der Waals surface area contributed by atoms with Gasteiger partial charge in [-0.05, 0) is 52.0 Å². The van der Waals surface area contributed by atoms with Gasteiger partial charge in [0.15, 0.2) is 0 Å². The number of hydrogen-bond donors (Lipinski definition) is 0. The van der Waals surface area contributed by atoms with Crippen LogP contribution < -0.4 is 0 Å². The van der Waals surface area contributed by atoms with Crippen molar-refractivity contribution in [2.75, 3.05) is 6.61 Å². The Hall–Kier alpha value is -1.74. The zero-order valence-corrected chi connectivity index (χ0v) is 17.4. The van der Waals surface area contributed by atoms with E-state index in [9.17, 15) is 16.8 Å². The Labute approximate surface area is 161 Å². The molecule has 148 valence electrons. The molecule has 27 heavy (non-hydrogen) atoms. The monoisotopic (exact) mass is 412 g/mol. The Kier molecular flexibility index (Phi) is 6.47. The zero-order valence-electron chi connectivity index (χ0n) is 15.8. The van der Waals surface area contributed by atoms with Gasteiger partial charge in [-0.15, -0.1) is 0 Å². The lowest BCUT2D eigenvalue weighted by Gasteiger charge is -2.24. The average molecular weight is 413 g/mol. The summed E-state index contributed by atoms with van der Waals surface area (Å²) < 4.78 is 59.5. The summed E-state index contributed by atoms with van der Waals surface area (Å²) in [5.41, 5.74) is 0.736. The van der Waals surface area contributed by atoms with Crippen LogP contribution in [0, 0.1) is 13.8 Å². The minimum Gasteiger partial charge on any atom is -0.266 e. The summed E-state index contributed by atoms with van der Waals surface area (Å²) in [6.45, 7) is 6.65. The standard InChI is InChI=1S/C19H24O6S2/c1-15-5-9-17(10-6-15)26(20,21)24-14-13-19(3,4)25-27(22,23)18-11-7-16(2)8-12-18/h5-12H,13-14H2,1-4H3. The van der Waals surface area contributed by atoms with E-state index in [2.05, 4.69) is 0 Å². The molecule has 0 aliphatic rings. The molecule has 0 heterocycles. The quantitative estimate of drug-likeness (QED) is 0.616. The summed E-state index contributed by atoms with van der Waals surface area (Å²) in [5, 5.41) is 0. The van der Waals surface area contributed by atoms with Gasteiger partial charge in [-0.1, -0.05) is 35.4 Å². The highest BCUT2D eigenvalue weighted by molar-refractivity contribution is 7.87. The van der Waals surface area contributed by atoms with E-state index in [1.165, 1.54) is 24.3 Å². The van der Waals surface area contributed by atoms with Gasteiger partial charge < -0.3 is 0 Å². The van der Waals surface area contributed by atoms with Gasteiger partial charge in [0.05, 0.1) is 22.0 Å². The van der Waals surface area contributed by atoms with Crippen molar-refractivity contribution >= 4 is 20.2 Å². The molecular formula is C19H24O6S2.